The number of halogens is 2. The van der Waals surface area contributed by atoms with E-state index in [-0.39, 0.29) is 12.4 Å². The first-order valence-electron chi connectivity index (χ1n) is 4.78. The summed E-state index contributed by atoms with van der Waals surface area (Å²) >= 11 is 7.63. The summed E-state index contributed by atoms with van der Waals surface area (Å²) in [7, 11) is 0. The molecule has 0 N–H and O–H groups in total. The van der Waals surface area contributed by atoms with Gasteiger partial charge < -0.3 is 0 Å². The molecule has 86 valence electrons. The summed E-state index contributed by atoms with van der Waals surface area (Å²) in [5.74, 6) is 0. The molecule has 0 radical (unpaired) electrons. The highest BCUT2D eigenvalue weighted by Gasteiger charge is 2.07. The minimum Gasteiger partial charge on any atom is -0.245 e. The zero-order valence-corrected chi connectivity index (χ0v) is 11.0. The third-order valence-corrected chi connectivity index (χ3v) is 3.65. The summed E-state index contributed by atoms with van der Waals surface area (Å²) in [6.45, 7) is 0. The molecule has 2 nitrogen and oxygen atoms in total. The lowest BCUT2D eigenvalue weighted by Gasteiger charge is -1.97. The first-order valence-corrected chi connectivity index (χ1v) is 6.03. The lowest BCUT2D eigenvalue weighted by Crippen LogP contribution is -1.80. The molecule has 5 heteroatoms. The molecular formula is C12H8Cl2N2S. The molecule has 2 heterocycles. The fourth-order valence-corrected chi connectivity index (χ4v) is 2.82. The second-order valence-electron chi connectivity index (χ2n) is 3.39. The zero-order chi connectivity index (χ0) is 11.0. The van der Waals surface area contributed by atoms with Crippen molar-refractivity contribution in [2.24, 2.45) is 0 Å². The number of rotatable bonds is 1. The Morgan fingerprint density at radius 1 is 1.18 bits per heavy atom. The molecule has 0 bridgehead atoms. The average molecular weight is 283 g/mol. The van der Waals surface area contributed by atoms with Gasteiger partial charge in [-0.15, -0.1) is 23.7 Å². The van der Waals surface area contributed by atoms with Gasteiger partial charge in [-0.05, 0) is 29.0 Å². The van der Waals surface area contributed by atoms with Crippen molar-refractivity contribution in [1.29, 1.82) is 0 Å². The molecule has 0 aliphatic heterocycles. The molecule has 0 aliphatic rings. The van der Waals surface area contributed by atoms with Crippen LogP contribution in [0.4, 0.5) is 0 Å². The van der Waals surface area contributed by atoms with Gasteiger partial charge in [0.2, 0.25) is 0 Å². The Hall–Kier alpha value is -1.16. The largest absolute Gasteiger partial charge is 0.245 e. The molecule has 3 aromatic rings. The zero-order valence-electron chi connectivity index (χ0n) is 8.63. The Balaban J connectivity index is 0.00000108. The van der Waals surface area contributed by atoms with Crippen LogP contribution in [0, 0.1) is 0 Å². The van der Waals surface area contributed by atoms with E-state index in [1.165, 1.54) is 5.39 Å². The molecule has 0 aliphatic carbocycles. The maximum atomic E-state index is 5.95. The monoisotopic (exact) mass is 282 g/mol. The molecule has 1 aromatic carbocycles. The third-order valence-electron chi connectivity index (χ3n) is 2.38. The van der Waals surface area contributed by atoms with Crippen LogP contribution < -0.4 is 0 Å². The smallest absolute Gasteiger partial charge is 0.116 e. The minimum absolute atomic E-state index is 0. The van der Waals surface area contributed by atoms with Crippen molar-refractivity contribution in [3.05, 3.63) is 47.2 Å². The van der Waals surface area contributed by atoms with Gasteiger partial charge in [-0.3, -0.25) is 0 Å². The summed E-state index contributed by atoms with van der Waals surface area (Å²) in [5, 5.41) is 5.21. The molecule has 0 fully saturated rings. The van der Waals surface area contributed by atoms with Crippen LogP contribution in [0.5, 0.6) is 0 Å². The molecule has 0 atom stereocenters. The van der Waals surface area contributed by atoms with Crippen molar-refractivity contribution in [3.8, 4) is 10.6 Å². The van der Waals surface area contributed by atoms with Crippen molar-refractivity contribution in [2.75, 3.05) is 0 Å². The lowest BCUT2D eigenvalue weighted by atomic mass is 10.1. The number of benzene rings is 1. The molecule has 0 saturated heterocycles. The topological polar surface area (TPSA) is 25.8 Å². The molecule has 0 unspecified atom stereocenters. The Morgan fingerprint density at radius 3 is 2.82 bits per heavy atom. The highest BCUT2D eigenvalue weighted by molar-refractivity contribution is 7.15. The van der Waals surface area contributed by atoms with Gasteiger partial charge in [0, 0.05) is 16.6 Å². The van der Waals surface area contributed by atoms with Crippen LogP contribution in [0.1, 0.15) is 0 Å². The number of aromatic nitrogens is 2. The van der Waals surface area contributed by atoms with Crippen LogP contribution >= 0.6 is 35.3 Å². The predicted molar refractivity (Wildman–Crippen MR) is 75.1 cm³/mol. The molecular weight excluding hydrogens is 275 g/mol. The summed E-state index contributed by atoms with van der Waals surface area (Å²) in [6, 6.07) is 7.82. The number of hydrogen-bond acceptors (Lipinski definition) is 3. The summed E-state index contributed by atoms with van der Waals surface area (Å²) in [6.07, 6.45) is 3.32. The standard InChI is InChI=1S/C12H7ClN2S.ClH/c13-9-1-2-10-8(5-9)6-16-12(10)11-3-4-14-7-15-11;/h1-7H;1H. The Morgan fingerprint density at radius 2 is 2.06 bits per heavy atom. The van der Waals surface area contributed by atoms with Gasteiger partial charge in [-0.25, -0.2) is 9.97 Å². The van der Waals surface area contributed by atoms with Gasteiger partial charge in [0.25, 0.3) is 0 Å². The number of fused-ring (bicyclic) bond motifs is 1. The van der Waals surface area contributed by atoms with Crippen molar-refractivity contribution >= 4 is 46.1 Å². The molecule has 17 heavy (non-hydrogen) atoms. The van der Waals surface area contributed by atoms with Crippen molar-refractivity contribution < 1.29 is 0 Å². The van der Waals surface area contributed by atoms with E-state index in [1.54, 1.807) is 23.9 Å². The third kappa shape index (κ3) is 2.27. The van der Waals surface area contributed by atoms with Gasteiger partial charge in [0.05, 0.1) is 10.6 Å². The number of hydrogen-bond donors (Lipinski definition) is 0. The van der Waals surface area contributed by atoms with E-state index >= 15 is 0 Å². The predicted octanol–water partition coefficient (Wildman–Crippen LogP) is 4.43. The quantitative estimate of drug-likeness (QED) is 0.660. The first kappa shape index (κ1) is 12.3. The SMILES string of the molecule is Cl.Clc1ccc2c(-c3ccncn3)scc2c1. The van der Waals surface area contributed by atoms with E-state index < -0.39 is 0 Å². The van der Waals surface area contributed by atoms with Crippen LogP contribution in [0.3, 0.4) is 0 Å². The summed E-state index contributed by atoms with van der Waals surface area (Å²) in [4.78, 5) is 9.34. The second kappa shape index (κ2) is 5.00. The lowest BCUT2D eigenvalue weighted by molar-refractivity contribution is 1.18. The van der Waals surface area contributed by atoms with Crippen LogP contribution in [0.25, 0.3) is 21.3 Å². The fraction of sp³-hybridized carbons (Fsp3) is 0. The van der Waals surface area contributed by atoms with Gasteiger partial charge in [0.15, 0.2) is 0 Å². The second-order valence-corrected chi connectivity index (χ2v) is 4.71. The van der Waals surface area contributed by atoms with E-state index in [4.69, 9.17) is 11.6 Å². The molecule has 0 spiro atoms. The van der Waals surface area contributed by atoms with E-state index in [2.05, 4.69) is 15.3 Å². The highest BCUT2D eigenvalue weighted by atomic mass is 35.5. The van der Waals surface area contributed by atoms with Crippen LogP contribution in [0.2, 0.25) is 5.02 Å². The Labute approximate surface area is 114 Å². The van der Waals surface area contributed by atoms with Gasteiger partial charge >= 0.3 is 0 Å². The summed E-state index contributed by atoms with van der Waals surface area (Å²) in [5.41, 5.74) is 0.956. The van der Waals surface area contributed by atoms with Gasteiger partial charge in [-0.2, -0.15) is 0 Å². The number of nitrogens with zero attached hydrogens (tertiary/aromatic N) is 2. The van der Waals surface area contributed by atoms with Crippen LogP contribution in [0.15, 0.2) is 42.2 Å². The van der Waals surface area contributed by atoms with E-state index in [9.17, 15) is 0 Å². The molecule has 3 rings (SSSR count). The van der Waals surface area contributed by atoms with Crippen molar-refractivity contribution in [2.45, 2.75) is 0 Å². The van der Waals surface area contributed by atoms with E-state index in [1.807, 2.05) is 24.3 Å². The Kier molecular flexibility index (Phi) is 3.62. The van der Waals surface area contributed by atoms with E-state index in [0.29, 0.717) is 0 Å². The molecule has 0 saturated carbocycles. The van der Waals surface area contributed by atoms with Crippen LogP contribution in [-0.2, 0) is 0 Å². The van der Waals surface area contributed by atoms with Gasteiger partial charge in [0.1, 0.15) is 6.33 Å². The van der Waals surface area contributed by atoms with Gasteiger partial charge in [-0.1, -0.05) is 17.7 Å². The average Bonchev–Trinajstić information content (AvgIpc) is 2.73. The molecule has 2 aromatic heterocycles. The Bertz CT molecular complexity index is 637. The van der Waals surface area contributed by atoms with Crippen molar-refractivity contribution in [3.63, 3.8) is 0 Å². The maximum Gasteiger partial charge on any atom is 0.116 e. The highest BCUT2D eigenvalue weighted by Crippen LogP contribution is 2.34. The first-order chi connectivity index (χ1) is 7.84. The maximum absolute atomic E-state index is 5.95. The minimum atomic E-state index is 0. The van der Waals surface area contributed by atoms with Crippen LogP contribution in [-0.4, -0.2) is 9.97 Å². The van der Waals surface area contributed by atoms with Crippen molar-refractivity contribution in [1.82, 2.24) is 9.97 Å². The summed E-state index contributed by atoms with van der Waals surface area (Å²) < 4.78 is 0. The van der Waals surface area contributed by atoms with E-state index in [0.717, 1.165) is 21.0 Å². The molecule has 0 amide bonds. The number of thiophene rings is 1. The fourth-order valence-electron chi connectivity index (χ4n) is 1.65. The normalized spacial score (nSPS) is 10.2.